The lowest BCUT2D eigenvalue weighted by molar-refractivity contribution is -0.146. The fraction of sp³-hybridized carbons (Fsp3) is 0.476. The molecule has 0 saturated heterocycles. The van der Waals surface area contributed by atoms with Crippen LogP contribution in [0.4, 0.5) is 0 Å². The molecule has 1 aliphatic carbocycles. The van der Waals surface area contributed by atoms with Gasteiger partial charge in [0.25, 0.3) is 0 Å². The zero-order valence-corrected chi connectivity index (χ0v) is 16.2. The maximum Gasteiger partial charge on any atom is 0.316 e. The quantitative estimate of drug-likeness (QED) is 0.811. The second-order valence-corrected chi connectivity index (χ2v) is 7.50. The zero-order chi connectivity index (χ0) is 19.4. The largest absolute Gasteiger partial charge is 0.460 e. The Balaban J connectivity index is 1.45. The van der Waals surface area contributed by atoms with Crippen molar-refractivity contribution in [2.45, 2.75) is 51.2 Å². The van der Waals surface area contributed by atoms with Crippen LogP contribution in [0.2, 0.25) is 0 Å². The second kappa shape index (κ2) is 8.05. The van der Waals surface area contributed by atoms with E-state index in [-0.39, 0.29) is 24.6 Å². The zero-order valence-electron chi connectivity index (χ0n) is 16.2. The molecule has 1 fully saturated rings. The molecule has 0 atom stereocenters. The minimum Gasteiger partial charge on any atom is -0.460 e. The molecule has 1 aliphatic rings. The summed E-state index contributed by atoms with van der Waals surface area (Å²) in [5, 5.41) is 10.6. The van der Waals surface area contributed by atoms with E-state index < -0.39 is 5.60 Å². The number of ether oxygens (including phenoxy) is 1. The number of nitrogens with zero attached hydrogens (tertiary/aromatic N) is 3. The van der Waals surface area contributed by atoms with Crippen LogP contribution in [0.15, 0.2) is 36.4 Å². The minimum atomic E-state index is -0.931. The fourth-order valence-electron chi connectivity index (χ4n) is 3.44. The average Bonchev–Trinajstić information content (AvgIpc) is 2.61. The summed E-state index contributed by atoms with van der Waals surface area (Å²) in [6.07, 6.45) is 2.22. The van der Waals surface area contributed by atoms with Gasteiger partial charge in [-0.2, -0.15) is 0 Å². The second-order valence-electron chi connectivity index (χ2n) is 7.50. The van der Waals surface area contributed by atoms with Gasteiger partial charge >= 0.3 is 6.01 Å². The highest BCUT2D eigenvalue weighted by molar-refractivity contribution is 5.76. The first-order chi connectivity index (χ1) is 12.8. The molecule has 1 saturated carbocycles. The van der Waals surface area contributed by atoms with Crippen molar-refractivity contribution in [2.24, 2.45) is 0 Å². The van der Waals surface area contributed by atoms with Gasteiger partial charge in [0.15, 0.2) is 0 Å². The summed E-state index contributed by atoms with van der Waals surface area (Å²) in [5.74, 6) is 0.101. The molecule has 0 aliphatic heterocycles. The van der Waals surface area contributed by atoms with Crippen molar-refractivity contribution in [1.29, 1.82) is 0 Å². The first-order valence-electron chi connectivity index (χ1n) is 9.32. The van der Waals surface area contributed by atoms with E-state index >= 15 is 0 Å². The molecule has 6 heteroatoms. The van der Waals surface area contributed by atoms with Crippen LogP contribution in [0, 0.1) is 13.8 Å². The molecule has 0 radical (unpaired) electrons. The standard InChI is InChI=1S/C21H27N3O3/c1-15-11-16(2)23-20(22-15)27-14-21(26)12-18(13-21)24(3)19(25)10-9-17-7-5-4-6-8-17/h4-8,11,18,26H,9-10,12-14H2,1-3H3. The molecular formula is C21H27N3O3. The third kappa shape index (κ3) is 5.04. The molecule has 0 unspecified atom stereocenters. The third-order valence-corrected chi connectivity index (χ3v) is 5.07. The number of rotatable bonds is 7. The number of hydrogen-bond donors (Lipinski definition) is 1. The van der Waals surface area contributed by atoms with Gasteiger partial charge in [-0.1, -0.05) is 30.3 Å². The van der Waals surface area contributed by atoms with Crippen molar-refractivity contribution in [3.63, 3.8) is 0 Å². The first-order valence-corrected chi connectivity index (χ1v) is 9.32. The number of aliphatic hydroxyl groups is 1. The summed E-state index contributed by atoms with van der Waals surface area (Å²) in [7, 11) is 1.81. The SMILES string of the molecule is Cc1cc(C)nc(OCC2(O)CC(N(C)C(=O)CCc3ccccc3)C2)n1. The average molecular weight is 369 g/mol. The molecule has 0 spiro atoms. The predicted molar refractivity (Wildman–Crippen MR) is 103 cm³/mol. The van der Waals surface area contributed by atoms with Crippen LogP contribution < -0.4 is 4.74 Å². The van der Waals surface area contributed by atoms with Gasteiger partial charge < -0.3 is 14.7 Å². The number of amides is 1. The molecule has 0 bridgehead atoms. The number of aryl methyl sites for hydroxylation is 3. The first kappa shape index (κ1) is 19.3. The predicted octanol–water partition coefficient (Wildman–Crippen LogP) is 2.46. The third-order valence-electron chi connectivity index (χ3n) is 5.07. The lowest BCUT2D eigenvalue weighted by Gasteiger charge is -2.47. The van der Waals surface area contributed by atoms with Crippen molar-refractivity contribution in [2.75, 3.05) is 13.7 Å². The Bertz CT molecular complexity index is 768. The van der Waals surface area contributed by atoms with Crippen molar-refractivity contribution < 1.29 is 14.6 Å². The monoisotopic (exact) mass is 369 g/mol. The molecule has 144 valence electrons. The Kier molecular flexibility index (Phi) is 5.75. The van der Waals surface area contributed by atoms with Gasteiger partial charge in [-0.05, 0) is 31.9 Å². The van der Waals surface area contributed by atoms with Crippen molar-refractivity contribution in [3.05, 3.63) is 53.3 Å². The van der Waals surface area contributed by atoms with Gasteiger partial charge in [0.2, 0.25) is 5.91 Å². The molecule has 1 amide bonds. The van der Waals surface area contributed by atoms with Crippen LogP contribution in [0.25, 0.3) is 0 Å². The smallest absolute Gasteiger partial charge is 0.316 e. The van der Waals surface area contributed by atoms with E-state index in [0.717, 1.165) is 23.4 Å². The molecule has 1 aromatic carbocycles. The summed E-state index contributed by atoms with van der Waals surface area (Å²) in [6.45, 7) is 3.90. The lowest BCUT2D eigenvalue weighted by Crippen LogP contribution is -2.58. The van der Waals surface area contributed by atoms with E-state index in [1.54, 1.807) is 4.90 Å². The van der Waals surface area contributed by atoms with Crippen LogP contribution >= 0.6 is 0 Å². The van der Waals surface area contributed by atoms with Crippen LogP contribution in [-0.4, -0.2) is 51.2 Å². The topological polar surface area (TPSA) is 75.6 Å². The van der Waals surface area contributed by atoms with Crippen molar-refractivity contribution >= 4 is 5.91 Å². The summed E-state index contributed by atoms with van der Waals surface area (Å²) in [5.41, 5.74) is 1.89. The van der Waals surface area contributed by atoms with Gasteiger partial charge in [-0.3, -0.25) is 4.79 Å². The Morgan fingerprint density at radius 3 is 2.48 bits per heavy atom. The molecule has 1 N–H and O–H groups in total. The van der Waals surface area contributed by atoms with E-state index in [1.165, 1.54) is 0 Å². The number of hydrogen-bond acceptors (Lipinski definition) is 5. The van der Waals surface area contributed by atoms with E-state index in [1.807, 2.05) is 57.3 Å². The van der Waals surface area contributed by atoms with Crippen molar-refractivity contribution in [1.82, 2.24) is 14.9 Å². The van der Waals surface area contributed by atoms with E-state index in [0.29, 0.717) is 19.3 Å². The van der Waals surface area contributed by atoms with E-state index in [9.17, 15) is 9.90 Å². The van der Waals surface area contributed by atoms with Crippen LogP contribution in [0.3, 0.4) is 0 Å². The maximum absolute atomic E-state index is 12.4. The van der Waals surface area contributed by atoms with E-state index in [4.69, 9.17) is 4.74 Å². The van der Waals surface area contributed by atoms with Gasteiger partial charge in [-0.25, -0.2) is 9.97 Å². The number of benzene rings is 1. The molecule has 1 aromatic heterocycles. The Labute approximate surface area is 160 Å². The summed E-state index contributed by atoms with van der Waals surface area (Å²) >= 11 is 0. The summed E-state index contributed by atoms with van der Waals surface area (Å²) in [4.78, 5) is 22.6. The van der Waals surface area contributed by atoms with E-state index in [2.05, 4.69) is 9.97 Å². The molecule has 6 nitrogen and oxygen atoms in total. The summed E-state index contributed by atoms with van der Waals surface area (Å²) < 4.78 is 5.59. The molecule has 3 rings (SSSR count). The van der Waals surface area contributed by atoms with Crippen molar-refractivity contribution in [3.8, 4) is 6.01 Å². The van der Waals surface area contributed by atoms with Gasteiger partial charge in [0, 0.05) is 43.7 Å². The fourth-order valence-corrected chi connectivity index (χ4v) is 3.44. The molecule has 2 aromatic rings. The van der Waals surface area contributed by atoms with Gasteiger partial charge in [0.1, 0.15) is 12.2 Å². The minimum absolute atomic E-state index is 0.0436. The molecule has 27 heavy (non-hydrogen) atoms. The number of carbonyl (C=O) groups is 1. The lowest BCUT2D eigenvalue weighted by atomic mass is 9.75. The summed E-state index contributed by atoms with van der Waals surface area (Å²) in [6, 6.07) is 12.2. The van der Waals surface area contributed by atoms with Gasteiger partial charge in [0.05, 0.1) is 0 Å². The number of carbonyl (C=O) groups excluding carboxylic acids is 1. The maximum atomic E-state index is 12.4. The Morgan fingerprint density at radius 2 is 1.85 bits per heavy atom. The normalized spacial score (nSPS) is 21.4. The highest BCUT2D eigenvalue weighted by Gasteiger charge is 2.46. The van der Waals surface area contributed by atoms with Gasteiger partial charge in [-0.15, -0.1) is 0 Å². The molecule has 1 heterocycles. The molecular weight excluding hydrogens is 342 g/mol. The highest BCUT2D eigenvalue weighted by Crippen LogP contribution is 2.36. The van der Waals surface area contributed by atoms with Crippen LogP contribution in [0.1, 0.15) is 36.2 Å². The van der Waals surface area contributed by atoms with Crippen LogP contribution in [-0.2, 0) is 11.2 Å². The van der Waals surface area contributed by atoms with Crippen LogP contribution in [0.5, 0.6) is 6.01 Å². The Morgan fingerprint density at radius 1 is 1.22 bits per heavy atom. The highest BCUT2D eigenvalue weighted by atomic mass is 16.5. The number of aromatic nitrogens is 2. The Hall–Kier alpha value is -2.47.